The minimum Gasteiger partial charge on any atom is -0.301 e. The maximum Gasteiger partial charge on any atom is 0.175 e. The molecule has 6 heteroatoms. The van der Waals surface area contributed by atoms with E-state index in [1.165, 1.54) is 17.4 Å². The molecule has 0 saturated carbocycles. The predicted octanol–water partition coefficient (Wildman–Crippen LogP) is 2.54. The van der Waals surface area contributed by atoms with Crippen molar-refractivity contribution in [3.05, 3.63) is 59.3 Å². The molecule has 2 heterocycles. The maximum atomic E-state index is 11.8. The third-order valence-electron chi connectivity index (χ3n) is 4.72. The van der Waals surface area contributed by atoms with E-state index in [-0.39, 0.29) is 5.92 Å². The van der Waals surface area contributed by atoms with E-state index < -0.39 is 9.84 Å². The highest BCUT2D eigenvalue weighted by atomic mass is 32.2. The Morgan fingerprint density at radius 2 is 2.04 bits per heavy atom. The van der Waals surface area contributed by atoms with E-state index in [4.69, 9.17) is 0 Å². The largest absolute Gasteiger partial charge is 0.301 e. The molecule has 5 nitrogen and oxygen atoms in total. The lowest BCUT2D eigenvalue weighted by Gasteiger charge is -2.33. The van der Waals surface area contributed by atoms with Gasteiger partial charge in [0.1, 0.15) is 0 Å². The van der Waals surface area contributed by atoms with Gasteiger partial charge in [0.2, 0.25) is 0 Å². The summed E-state index contributed by atoms with van der Waals surface area (Å²) in [4.78, 5) is 2.62. The summed E-state index contributed by atoms with van der Waals surface area (Å²) in [6, 6.07) is 11.9. The highest BCUT2D eigenvalue weighted by Gasteiger charge is 2.26. The van der Waals surface area contributed by atoms with Crippen molar-refractivity contribution in [3.63, 3.8) is 0 Å². The van der Waals surface area contributed by atoms with Crippen LogP contribution in [-0.4, -0.2) is 43.4 Å². The summed E-state index contributed by atoms with van der Waals surface area (Å²) in [6.07, 6.45) is 3.09. The van der Waals surface area contributed by atoms with Gasteiger partial charge in [0.25, 0.3) is 0 Å². The zero-order chi connectivity index (χ0) is 16.9. The van der Waals surface area contributed by atoms with Gasteiger partial charge in [-0.2, -0.15) is 5.10 Å². The van der Waals surface area contributed by atoms with Gasteiger partial charge in [-0.3, -0.25) is 5.10 Å². The number of H-pyrrole nitrogens is 1. The van der Waals surface area contributed by atoms with E-state index >= 15 is 0 Å². The number of nitrogens with zero attached hydrogens (tertiary/aromatic N) is 2. The van der Waals surface area contributed by atoms with E-state index in [0.29, 0.717) is 4.90 Å². The molecule has 0 saturated heterocycles. The minimum absolute atomic E-state index is 0.228. The molecule has 0 radical (unpaired) electrons. The fourth-order valence-electron chi connectivity index (χ4n) is 3.52. The fraction of sp³-hybridized carbons (Fsp3) is 0.278. The standard InChI is InChI=1S/C18H19N3O2S/c1-21-10-14-8-15(24(2,22)23)4-5-16(14)17(11-21)12-3-6-18-13(7-12)9-19-20-18/h3-9,17H,10-11H2,1-2H3,(H,19,20). The third kappa shape index (κ3) is 2.61. The zero-order valence-electron chi connectivity index (χ0n) is 13.7. The molecular weight excluding hydrogens is 322 g/mol. The molecule has 3 aromatic rings. The Kier molecular flexibility index (Phi) is 3.47. The van der Waals surface area contributed by atoms with Crippen LogP contribution in [0, 0.1) is 0 Å². The quantitative estimate of drug-likeness (QED) is 0.778. The molecule has 0 bridgehead atoms. The van der Waals surface area contributed by atoms with Gasteiger partial charge in [0.15, 0.2) is 9.84 Å². The number of likely N-dealkylation sites (N-methyl/N-ethyl adjacent to an activating group) is 1. The lowest BCUT2D eigenvalue weighted by Crippen LogP contribution is -2.31. The van der Waals surface area contributed by atoms with Crippen molar-refractivity contribution in [2.75, 3.05) is 19.8 Å². The third-order valence-corrected chi connectivity index (χ3v) is 5.83. The van der Waals surface area contributed by atoms with Gasteiger partial charge in [-0.25, -0.2) is 8.42 Å². The number of rotatable bonds is 2. The summed E-state index contributed by atoms with van der Waals surface area (Å²) in [5.74, 6) is 0.228. The first-order valence-corrected chi connectivity index (χ1v) is 9.75. The molecule has 1 aromatic heterocycles. The first kappa shape index (κ1) is 15.4. The minimum atomic E-state index is -3.19. The number of hydrogen-bond acceptors (Lipinski definition) is 4. The molecule has 124 valence electrons. The Hall–Kier alpha value is -2.18. The Labute approximate surface area is 141 Å². The van der Waals surface area contributed by atoms with Crippen LogP contribution in [0.25, 0.3) is 10.9 Å². The van der Waals surface area contributed by atoms with Gasteiger partial charge in [0, 0.05) is 30.6 Å². The molecule has 1 unspecified atom stereocenters. The molecular formula is C18H19N3O2S. The SMILES string of the molecule is CN1Cc2cc(S(C)(=O)=O)ccc2C(c2ccc3[nH]ncc3c2)C1. The molecule has 0 amide bonds. The predicted molar refractivity (Wildman–Crippen MR) is 93.8 cm³/mol. The Morgan fingerprint density at radius 3 is 2.83 bits per heavy atom. The zero-order valence-corrected chi connectivity index (χ0v) is 14.5. The molecule has 0 spiro atoms. The Morgan fingerprint density at radius 1 is 1.21 bits per heavy atom. The molecule has 0 aliphatic carbocycles. The van der Waals surface area contributed by atoms with Crippen molar-refractivity contribution in [2.24, 2.45) is 0 Å². The van der Waals surface area contributed by atoms with Crippen LogP contribution in [-0.2, 0) is 16.4 Å². The highest BCUT2D eigenvalue weighted by Crippen LogP contribution is 2.35. The van der Waals surface area contributed by atoms with Crippen molar-refractivity contribution < 1.29 is 8.42 Å². The normalized spacial score (nSPS) is 18.7. The van der Waals surface area contributed by atoms with Gasteiger partial charge >= 0.3 is 0 Å². The van der Waals surface area contributed by atoms with Crippen LogP contribution >= 0.6 is 0 Å². The first-order chi connectivity index (χ1) is 11.4. The first-order valence-electron chi connectivity index (χ1n) is 7.86. The second-order valence-electron chi connectivity index (χ2n) is 6.60. The molecule has 1 aliphatic heterocycles. The number of benzene rings is 2. The molecule has 4 rings (SSSR count). The van der Waals surface area contributed by atoms with E-state index in [0.717, 1.165) is 29.6 Å². The number of sulfone groups is 1. The average molecular weight is 341 g/mol. The highest BCUT2D eigenvalue weighted by molar-refractivity contribution is 7.90. The van der Waals surface area contributed by atoms with Crippen LogP contribution < -0.4 is 0 Å². The number of nitrogens with one attached hydrogen (secondary N) is 1. The topological polar surface area (TPSA) is 66.1 Å². The van der Waals surface area contributed by atoms with Gasteiger partial charge in [0.05, 0.1) is 16.6 Å². The molecule has 2 aromatic carbocycles. The number of fused-ring (bicyclic) bond motifs is 2. The molecule has 1 atom stereocenters. The van der Waals surface area contributed by atoms with Crippen LogP contribution in [0.4, 0.5) is 0 Å². The number of hydrogen-bond donors (Lipinski definition) is 1. The molecule has 0 fully saturated rings. The fourth-order valence-corrected chi connectivity index (χ4v) is 4.19. The summed E-state index contributed by atoms with van der Waals surface area (Å²) >= 11 is 0. The van der Waals surface area contributed by atoms with Crippen molar-refractivity contribution in [1.82, 2.24) is 15.1 Å². The van der Waals surface area contributed by atoms with Crippen molar-refractivity contribution in [3.8, 4) is 0 Å². The molecule has 1 N–H and O–H groups in total. The van der Waals surface area contributed by atoms with Crippen LogP contribution in [0.2, 0.25) is 0 Å². The van der Waals surface area contributed by atoms with E-state index in [1.807, 2.05) is 18.3 Å². The monoisotopic (exact) mass is 341 g/mol. The number of aromatic nitrogens is 2. The van der Waals surface area contributed by atoms with Gasteiger partial charge < -0.3 is 4.90 Å². The van der Waals surface area contributed by atoms with Crippen LogP contribution in [0.15, 0.2) is 47.5 Å². The Bertz CT molecular complexity index is 1020. The Balaban J connectivity index is 1.83. The second kappa shape index (κ2) is 5.43. The van der Waals surface area contributed by atoms with Crippen molar-refractivity contribution in [2.45, 2.75) is 17.4 Å². The lowest BCUT2D eigenvalue weighted by atomic mass is 9.84. The summed E-state index contributed by atoms with van der Waals surface area (Å²) in [5, 5.41) is 8.15. The summed E-state index contributed by atoms with van der Waals surface area (Å²) in [7, 11) is -1.12. The summed E-state index contributed by atoms with van der Waals surface area (Å²) in [6.45, 7) is 1.68. The summed E-state index contributed by atoms with van der Waals surface area (Å²) < 4.78 is 23.7. The molecule has 24 heavy (non-hydrogen) atoms. The maximum absolute atomic E-state index is 11.8. The smallest absolute Gasteiger partial charge is 0.175 e. The average Bonchev–Trinajstić information content (AvgIpc) is 3.00. The summed E-state index contributed by atoms with van der Waals surface area (Å²) in [5.41, 5.74) is 4.55. The van der Waals surface area contributed by atoms with Crippen LogP contribution in [0.5, 0.6) is 0 Å². The lowest BCUT2D eigenvalue weighted by molar-refractivity contribution is 0.295. The number of aromatic amines is 1. The van der Waals surface area contributed by atoms with Gasteiger partial charge in [-0.05, 0) is 48.0 Å². The van der Waals surface area contributed by atoms with Gasteiger partial charge in [-0.15, -0.1) is 0 Å². The van der Waals surface area contributed by atoms with Crippen LogP contribution in [0.1, 0.15) is 22.6 Å². The van der Waals surface area contributed by atoms with Crippen LogP contribution in [0.3, 0.4) is 0 Å². The van der Waals surface area contributed by atoms with Gasteiger partial charge in [-0.1, -0.05) is 12.1 Å². The van der Waals surface area contributed by atoms with Crippen molar-refractivity contribution in [1.29, 1.82) is 0 Å². The van der Waals surface area contributed by atoms with E-state index in [9.17, 15) is 8.42 Å². The van der Waals surface area contributed by atoms with E-state index in [2.05, 4.69) is 40.3 Å². The molecule has 1 aliphatic rings. The van der Waals surface area contributed by atoms with Crippen molar-refractivity contribution >= 4 is 20.7 Å². The van der Waals surface area contributed by atoms with E-state index in [1.54, 1.807) is 6.07 Å². The second-order valence-corrected chi connectivity index (χ2v) is 8.61.